The van der Waals surface area contributed by atoms with Gasteiger partial charge in [0.2, 0.25) is 0 Å². The minimum atomic E-state index is -1.10. The summed E-state index contributed by atoms with van der Waals surface area (Å²) in [7, 11) is 0. The number of nitrogens with zero attached hydrogens (tertiary/aromatic N) is 2. The molecule has 0 saturated carbocycles. The second kappa shape index (κ2) is 4.69. The molecule has 0 atom stereocenters. The van der Waals surface area contributed by atoms with Crippen molar-refractivity contribution in [1.82, 2.24) is 9.97 Å². The summed E-state index contributed by atoms with van der Waals surface area (Å²) < 4.78 is 12.9. The largest absolute Gasteiger partial charge is 0.477 e. The molecule has 1 aromatic heterocycles. The summed E-state index contributed by atoms with van der Waals surface area (Å²) in [6, 6.07) is 7.36. The van der Waals surface area contributed by atoms with E-state index in [0.29, 0.717) is 17.8 Å². The van der Waals surface area contributed by atoms with Crippen LogP contribution in [0.25, 0.3) is 0 Å². The number of carbonyl (C=O) groups is 1. The molecule has 0 aliphatic rings. The molecule has 0 fully saturated rings. The maximum Gasteiger partial charge on any atom is 0.354 e. The van der Waals surface area contributed by atoms with E-state index in [1.54, 1.807) is 12.1 Å². The zero-order chi connectivity index (χ0) is 12.3. The van der Waals surface area contributed by atoms with Crippen LogP contribution in [-0.2, 0) is 6.42 Å². The molecule has 1 aromatic carbocycles. The second-order valence-electron chi connectivity index (χ2n) is 3.47. The minimum absolute atomic E-state index is 0.0635. The van der Waals surface area contributed by atoms with Gasteiger partial charge in [-0.1, -0.05) is 12.1 Å². The molecule has 2 rings (SSSR count). The van der Waals surface area contributed by atoms with E-state index < -0.39 is 5.97 Å². The normalized spacial score (nSPS) is 10.2. The van der Waals surface area contributed by atoms with Gasteiger partial charge in [-0.05, 0) is 23.8 Å². The SMILES string of the molecule is O=C(O)c1ccnc(Cc2cccc(F)c2)n1. The van der Waals surface area contributed by atoms with Crippen molar-refractivity contribution in [2.75, 3.05) is 0 Å². The van der Waals surface area contributed by atoms with Crippen molar-refractivity contribution in [3.05, 3.63) is 59.4 Å². The van der Waals surface area contributed by atoms with E-state index in [0.717, 1.165) is 0 Å². The van der Waals surface area contributed by atoms with E-state index in [1.807, 2.05) is 0 Å². The van der Waals surface area contributed by atoms with Crippen LogP contribution in [0.15, 0.2) is 36.5 Å². The monoisotopic (exact) mass is 232 g/mol. The molecule has 1 N–H and O–H groups in total. The van der Waals surface area contributed by atoms with Gasteiger partial charge in [-0.15, -0.1) is 0 Å². The number of hydrogen-bond donors (Lipinski definition) is 1. The van der Waals surface area contributed by atoms with Crippen molar-refractivity contribution in [3.63, 3.8) is 0 Å². The molecule has 17 heavy (non-hydrogen) atoms. The van der Waals surface area contributed by atoms with Gasteiger partial charge in [0.15, 0.2) is 5.69 Å². The number of aromatic nitrogens is 2. The van der Waals surface area contributed by atoms with Crippen LogP contribution in [0.2, 0.25) is 0 Å². The van der Waals surface area contributed by atoms with Crippen molar-refractivity contribution in [2.24, 2.45) is 0 Å². The fourth-order valence-electron chi connectivity index (χ4n) is 1.43. The first kappa shape index (κ1) is 11.2. The number of hydrogen-bond acceptors (Lipinski definition) is 3. The summed E-state index contributed by atoms with van der Waals surface area (Å²) in [5.74, 6) is -1.08. The standard InChI is InChI=1S/C12H9FN2O2/c13-9-3-1-2-8(6-9)7-11-14-5-4-10(15-11)12(16)17/h1-6H,7H2,(H,16,17). The van der Waals surface area contributed by atoms with Gasteiger partial charge >= 0.3 is 5.97 Å². The van der Waals surface area contributed by atoms with Gasteiger partial charge < -0.3 is 5.11 Å². The molecule has 0 spiro atoms. The molecule has 0 aliphatic heterocycles. The smallest absolute Gasteiger partial charge is 0.354 e. The molecule has 5 heteroatoms. The molecule has 0 amide bonds. The maximum absolute atomic E-state index is 12.9. The number of aromatic carboxylic acids is 1. The van der Waals surface area contributed by atoms with E-state index in [-0.39, 0.29) is 11.5 Å². The molecule has 1 heterocycles. The molecule has 0 unspecified atom stereocenters. The Morgan fingerprint density at radius 2 is 2.18 bits per heavy atom. The summed E-state index contributed by atoms with van der Waals surface area (Å²) in [5, 5.41) is 8.77. The summed E-state index contributed by atoms with van der Waals surface area (Å²) in [6.45, 7) is 0. The molecule has 2 aromatic rings. The lowest BCUT2D eigenvalue weighted by atomic mass is 10.1. The highest BCUT2D eigenvalue weighted by atomic mass is 19.1. The quantitative estimate of drug-likeness (QED) is 0.877. The van der Waals surface area contributed by atoms with E-state index in [9.17, 15) is 9.18 Å². The third-order valence-corrected chi connectivity index (χ3v) is 2.18. The maximum atomic E-state index is 12.9. The number of carboxylic acid groups (broad SMARTS) is 1. The van der Waals surface area contributed by atoms with Gasteiger partial charge in [0.1, 0.15) is 11.6 Å². The van der Waals surface area contributed by atoms with Crippen LogP contribution in [0.1, 0.15) is 21.9 Å². The Hall–Kier alpha value is -2.30. The third-order valence-electron chi connectivity index (χ3n) is 2.18. The van der Waals surface area contributed by atoms with Crippen LogP contribution >= 0.6 is 0 Å². The summed E-state index contributed by atoms with van der Waals surface area (Å²) in [6.07, 6.45) is 1.68. The lowest BCUT2D eigenvalue weighted by Crippen LogP contribution is -2.05. The second-order valence-corrected chi connectivity index (χ2v) is 3.47. The third kappa shape index (κ3) is 2.84. The Morgan fingerprint density at radius 1 is 1.35 bits per heavy atom. The Labute approximate surface area is 96.8 Å². The van der Waals surface area contributed by atoms with Crippen LogP contribution in [-0.4, -0.2) is 21.0 Å². The highest BCUT2D eigenvalue weighted by Crippen LogP contribution is 2.08. The Balaban J connectivity index is 2.24. The van der Waals surface area contributed by atoms with Gasteiger partial charge in [-0.3, -0.25) is 0 Å². The van der Waals surface area contributed by atoms with Crippen molar-refractivity contribution < 1.29 is 14.3 Å². The topological polar surface area (TPSA) is 63.1 Å². The Morgan fingerprint density at radius 3 is 2.88 bits per heavy atom. The Bertz CT molecular complexity index is 558. The van der Waals surface area contributed by atoms with E-state index in [2.05, 4.69) is 9.97 Å². The van der Waals surface area contributed by atoms with Crippen LogP contribution in [0.3, 0.4) is 0 Å². The summed E-state index contributed by atoms with van der Waals surface area (Å²) >= 11 is 0. The lowest BCUT2D eigenvalue weighted by molar-refractivity contribution is 0.0690. The zero-order valence-electron chi connectivity index (χ0n) is 8.80. The van der Waals surface area contributed by atoms with E-state index >= 15 is 0 Å². The molecular weight excluding hydrogens is 223 g/mol. The fraction of sp³-hybridized carbons (Fsp3) is 0.0833. The number of halogens is 1. The van der Waals surface area contributed by atoms with Gasteiger partial charge in [0.25, 0.3) is 0 Å². The summed E-state index contributed by atoms with van der Waals surface area (Å²) in [4.78, 5) is 18.5. The van der Waals surface area contributed by atoms with Gasteiger partial charge in [0, 0.05) is 12.6 Å². The molecule has 86 valence electrons. The van der Waals surface area contributed by atoms with Crippen molar-refractivity contribution in [1.29, 1.82) is 0 Å². The van der Waals surface area contributed by atoms with Crippen LogP contribution < -0.4 is 0 Å². The number of benzene rings is 1. The predicted molar refractivity (Wildman–Crippen MR) is 58.2 cm³/mol. The van der Waals surface area contributed by atoms with Gasteiger partial charge in [-0.25, -0.2) is 19.2 Å². The fourth-order valence-corrected chi connectivity index (χ4v) is 1.43. The first-order chi connectivity index (χ1) is 8.15. The molecule has 0 bridgehead atoms. The number of rotatable bonds is 3. The minimum Gasteiger partial charge on any atom is -0.477 e. The van der Waals surface area contributed by atoms with Crippen molar-refractivity contribution >= 4 is 5.97 Å². The number of carboxylic acids is 1. The molecule has 0 aliphatic carbocycles. The van der Waals surface area contributed by atoms with Crippen LogP contribution in [0.4, 0.5) is 4.39 Å². The molecule has 4 nitrogen and oxygen atoms in total. The van der Waals surface area contributed by atoms with E-state index in [4.69, 9.17) is 5.11 Å². The summed E-state index contributed by atoms with van der Waals surface area (Å²) in [5.41, 5.74) is 0.638. The molecular formula is C12H9FN2O2. The molecule has 0 saturated heterocycles. The average Bonchev–Trinajstić information content (AvgIpc) is 2.29. The predicted octanol–water partition coefficient (Wildman–Crippen LogP) is 1.90. The zero-order valence-corrected chi connectivity index (χ0v) is 8.80. The first-order valence-electron chi connectivity index (χ1n) is 4.95. The highest BCUT2D eigenvalue weighted by Gasteiger charge is 2.07. The highest BCUT2D eigenvalue weighted by molar-refractivity contribution is 5.85. The van der Waals surface area contributed by atoms with Crippen molar-refractivity contribution in [2.45, 2.75) is 6.42 Å². The van der Waals surface area contributed by atoms with Crippen LogP contribution in [0.5, 0.6) is 0 Å². The average molecular weight is 232 g/mol. The van der Waals surface area contributed by atoms with Gasteiger partial charge in [-0.2, -0.15) is 0 Å². The Kier molecular flexibility index (Phi) is 3.09. The van der Waals surface area contributed by atoms with Crippen molar-refractivity contribution in [3.8, 4) is 0 Å². The van der Waals surface area contributed by atoms with Crippen LogP contribution in [0, 0.1) is 5.82 Å². The first-order valence-corrected chi connectivity index (χ1v) is 4.95. The molecule has 0 radical (unpaired) electrons. The van der Waals surface area contributed by atoms with Gasteiger partial charge in [0.05, 0.1) is 0 Å². The lowest BCUT2D eigenvalue weighted by Gasteiger charge is -2.01. The van der Waals surface area contributed by atoms with E-state index in [1.165, 1.54) is 24.4 Å².